The number of nitrogens with zero attached hydrogens (tertiary/aromatic N) is 1. The van der Waals surface area contributed by atoms with Gasteiger partial charge in [0, 0.05) is 18.7 Å². The van der Waals surface area contributed by atoms with Gasteiger partial charge >= 0.3 is 0 Å². The number of hydrogen-bond donors (Lipinski definition) is 4. The molecule has 0 aromatic heterocycles. The van der Waals surface area contributed by atoms with Crippen LogP contribution in [0.3, 0.4) is 0 Å². The number of nitrogens with two attached hydrogens (primary N) is 1. The average Bonchev–Trinajstić information content (AvgIpc) is 2.46. The summed E-state index contributed by atoms with van der Waals surface area (Å²) >= 11 is 0. The second-order valence-corrected chi connectivity index (χ2v) is 4.70. The zero-order valence-electron chi connectivity index (χ0n) is 11.6. The Morgan fingerprint density at radius 1 is 1.50 bits per heavy atom. The van der Waals surface area contributed by atoms with E-state index in [9.17, 15) is 4.39 Å². The summed E-state index contributed by atoms with van der Waals surface area (Å²) in [5.74, 6) is -0.140. The lowest BCUT2D eigenvalue weighted by molar-refractivity contribution is 0.251. The van der Waals surface area contributed by atoms with Gasteiger partial charge in [-0.3, -0.25) is 0 Å². The molecular weight excluding hydrogens is 261 g/mol. The van der Waals surface area contributed by atoms with Gasteiger partial charge in [-0.25, -0.2) is 4.39 Å². The molecule has 0 fully saturated rings. The molecule has 1 aromatic rings. The Morgan fingerprint density at radius 2 is 2.25 bits per heavy atom. The summed E-state index contributed by atoms with van der Waals surface area (Å²) in [7, 11) is 0. The second kappa shape index (κ2) is 8.50. The Morgan fingerprint density at radius 3 is 2.85 bits per heavy atom. The van der Waals surface area contributed by atoms with Gasteiger partial charge in [-0.2, -0.15) is 0 Å². The first-order valence-electron chi connectivity index (χ1n) is 6.70. The first kappa shape index (κ1) is 16.4. The lowest BCUT2D eigenvalue weighted by atomic mass is 10.0. The third-order valence-corrected chi connectivity index (χ3v) is 3.32. The highest BCUT2D eigenvalue weighted by Crippen LogP contribution is 2.12. The van der Waals surface area contributed by atoms with Crippen molar-refractivity contribution in [3.8, 4) is 0 Å². The van der Waals surface area contributed by atoms with Crippen LogP contribution in [0.15, 0.2) is 23.4 Å². The fourth-order valence-electron chi connectivity index (χ4n) is 2.04. The smallest absolute Gasteiger partial charge is 0.170 e. The van der Waals surface area contributed by atoms with Gasteiger partial charge in [0.15, 0.2) is 5.84 Å². The van der Waals surface area contributed by atoms with Crippen molar-refractivity contribution in [2.24, 2.45) is 16.8 Å². The van der Waals surface area contributed by atoms with Crippen LogP contribution < -0.4 is 11.1 Å². The van der Waals surface area contributed by atoms with Gasteiger partial charge in [0.25, 0.3) is 0 Å². The van der Waals surface area contributed by atoms with E-state index < -0.39 is 5.82 Å². The maximum atomic E-state index is 13.2. The number of amidine groups is 1. The Bertz CT molecular complexity index is 452. The Balaban J connectivity index is 2.68. The third-order valence-electron chi connectivity index (χ3n) is 3.32. The molecule has 112 valence electrons. The molecule has 6 heteroatoms. The number of halogens is 1. The molecule has 20 heavy (non-hydrogen) atoms. The zero-order valence-corrected chi connectivity index (χ0v) is 11.6. The number of aliphatic hydroxyl groups is 1. The fourth-order valence-corrected chi connectivity index (χ4v) is 2.04. The standard InChI is InChI=1S/C14H22FN3O2/c1-2-10(5-6-19)8-17-9-11-3-4-12(15)7-13(11)14(16)18-20/h3-4,7,10,17,19-20H,2,5-6,8-9H2,1H3,(H2,16,18). The molecular formula is C14H22FN3O2. The first-order chi connectivity index (χ1) is 9.62. The van der Waals surface area contributed by atoms with Gasteiger partial charge in [0.2, 0.25) is 0 Å². The van der Waals surface area contributed by atoms with Gasteiger partial charge in [-0.1, -0.05) is 24.6 Å². The molecule has 0 spiro atoms. The van der Waals surface area contributed by atoms with E-state index >= 15 is 0 Å². The van der Waals surface area contributed by atoms with Crippen LogP contribution >= 0.6 is 0 Å². The number of oxime groups is 1. The molecule has 0 aliphatic heterocycles. The number of aliphatic hydroxyl groups excluding tert-OH is 1. The molecule has 0 saturated heterocycles. The minimum Gasteiger partial charge on any atom is -0.409 e. The van der Waals surface area contributed by atoms with Crippen molar-refractivity contribution < 1.29 is 14.7 Å². The SMILES string of the molecule is CCC(CCO)CNCc1ccc(F)cc1/C(N)=N/O. The van der Waals surface area contributed by atoms with Crippen LogP contribution in [0.2, 0.25) is 0 Å². The van der Waals surface area contributed by atoms with Crippen LogP contribution in [0, 0.1) is 11.7 Å². The van der Waals surface area contributed by atoms with E-state index in [0.29, 0.717) is 18.0 Å². The fraction of sp³-hybridized carbons (Fsp3) is 0.500. The van der Waals surface area contributed by atoms with Crippen molar-refractivity contribution in [1.82, 2.24) is 5.32 Å². The minimum atomic E-state index is -0.429. The molecule has 0 bridgehead atoms. The molecule has 1 atom stereocenters. The molecule has 0 saturated carbocycles. The maximum Gasteiger partial charge on any atom is 0.170 e. The number of hydrogen-bond acceptors (Lipinski definition) is 4. The van der Waals surface area contributed by atoms with E-state index in [-0.39, 0.29) is 12.4 Å². The monoisotopic (exact) mass is 283 g/mol. The largest absolute Gasteiger partial charge is 0.409 e. The normalized spacial score (nSPS) is 13.4. The van der Waals surface area contributed by atoms with Crippen molar-refractivity contribution in [2.45, 2.75) is 26.3 Å². The van der Waals surface area contributed by atoms with Gasteiger partial charge in [0.05, 0.1) is 0 Å². The summed E-state index contributed by atoms with van der Waals surface area (Å²) in [6.45, 7) is 3.49. The van der Waals surface area contributed by atoms with E-state index in [2.05, 4.69) is 17.4 Å². The molecule has 1 aromatic carbocycles. The first-order valence-corrected chi connectivity index (χ1v) is 6.70. The molecule has 1 unspecified atom stereocenters. The van der Waals surface area contributed by atoms with E-state index in [1.807, 2.05) is 0 Å². The number of rotatable bonds is 8. The Kier molecular flexibility index (Phi) is 6.97. The van der Waals surface area contributed by atoms with Gasteiger partial charge in [-0.15, -0.1) is 0 Å². The summed E-state index contributed by atoms with van der Waals surface area (Å²) in [5.41, 5.74) is 6.69. The lowest BCUT2D eigenvalue weighted by Crippen LogP contribution is -2.25. The van der Waals surface area contributed by atoms with Crippen LogP contribution in [0.5, 0.6) is 0 Å². The zero-order chi connectivity index (χ0) is 15.0. The van der Waals surface area contributed by atoms with Crippen LogP contribution in [0.25, 0.3) is 0 Å². The highest BCUT2D eigenvalue weighted by molar-refractivity contribution is 5.98. The molecule has 0 heterocycles. The average molecular weight is 283 g/mol. The van der Waals surface area contributed by atoms with Crippen molar-refractivity contribution >= 4 is 5.84 Å². The van der Waals surface area contributed by atoms with Crippen LogP contribution in [0.1, 0.15) is 30.9 Å². The third kappa shape index (κ3) is 4.79. The quantitative estimate of drug-likeness (QED) is 0.251. The van der Waals surface area contributed by atoms with Crippen molar-refractivity contribution in [1.29, 1.82) is 0 Å². The van der Waals surface area contributed by atoms with Crippen LogP contribution in [-0.2, 0) is 6.54 Å². The Hall–Kier alpha value is -1.66. The maximum absolute atomic E-state index is 13.2. The topological polar surface area (TPSA) is 90.9 Å². The molecule has 5 N–H and O–H groups in total. The number of benzene rings is 1. The van der Waals surface area contributed by atoms with Gasteiger partial charge in [0.1, 0.15) is 5.82 Å². The Labute approximate surface area is 118 Å². The summed E-state index contributed by atoms with van der Waals surface area (Å²) in [6, 6.07) is 4.20. The summed E-state index contributed by atoms with van der Waals surface area (Å²) < 4.78 is 13.2. The highest BCUT2D eigenvalue weighted by Gasteiger charge is 2.10. The molecule has 0 aliphatic rings. The molecule has 5 nitrogen and oxygen atoms in total. The predicted molar refractivity (Wildman–Crippen MR) is 76.1 cm³/mol. The van der Waals surface area contributed by atoms with E-state index in [1.165, 1.54) is 12.1 Å². The van der Waals surface area contributed by atoms with Crippen LogP contribution in [0.4, 0.5) is 4.39 Å². The van der Waals surface area contributed by atoms with Gasteiger partial charge < -0.3 is 21.4 Å². The summed E-state index contributed by atoms with van der Waals surface area (Å²) in [5, 5.41) is 23.8. The molecule has 1 rings (SSSR count). The van der Waals surface area contributed by atoms with Crippen molar-refractivity contribution in [3.63, 3.8) is 0 Å². The van der Waals surface area contributed by atoms with Gasteiger partial charge in [-0.05, 0) is 36.6 Å². The second-order valence-electron chi connectivity index (χ2n) is 4.70. The minimum absolute atomic E-state index is 0.108. The van der Waals surface area contributed by atoms with Crippen LogP contribution in [-0.4, -0.2) is 29.3 Å². The summed E-state index contributed by atoms with van der Waals surface area (Å²) in [6.07, 6.45) is 1.73. The summed E-state index contributed by atoms with van der Waals surface area (Å²) in [4.78, 5) is 0. The molecule has 0 aliphatic carbocycles. The lowest BCUT2D eigenvalue weighted by Gasteiger charge is -2.15. The van der Waals surface area contributed by atoms with Crippen molar-refractivity contribution in [2.75, 3.05) is 13.2 Å². The van der Waals surface area contributed by atoms with Crippen molar-refractivity contribution in [3.05, 3.63) is 35.1 Å². The van der Waals surface area contributed by atoms with E-state index in [1.54, 1.807) is 6.07 Å². The van der Waals surface area contributed by atoms with E-state index in [0.717, 1.165) is 24.9 Å². The molecule has 0 radical (unpaired) electrons. The molecule has 0 amide bonds. The van der Waals surface area contributed by atoms with E-state index in [4.69, 9.17) is 16.0 Å². The highest BCUT2D eigenvalue weighted by atomic mass is 19.1. The predicted octanol–water partition coefficient (Wildman–Crippen LogP) is 1.42. The number of nitrogens with one attached hydrogen (secondary N) is 1.